The van der Waals surface area contributed by atoms with Crippen LogP contribution >= 0.6 is 0 Å². The van der Waals surface area contributed by atoms with Gasteiger partial charge in [-0.15, -0.1) is 0 Å². The first-order chi connectivity index (χ1) is 12.0. The number of carbonyl (C=O) groups excluding carboxylic acids is 1. The molecule has 2 heterocycles. The molecule has 0 bridgehead atoms. The van der Waals surface area contributed by atoms with Crippen molar-refractivity contribution in [1.29, 1.82) is 5.26 Å². The van der Waals surface area contributed by atoms with E-state index < -0.39 is 10.0 Å². The fraction of sp³-hybridized carbons (Fsp3) is 0.235. The highest BCUT2D eigenvalue weighted by Crippen LogP contribution is 2.18. The highest BCUT2D eigenvalue weighted by molar-refractivity contribution is 7.89. The first-order valence-corrected chi connectivity index (χ1v) is 9.17. The molecule has 0 unspecified atom stereocenters. The Balaban J connectivity index is 1.69. The van der Waals surface area contributed by atoms with Gasteiger partial charge < -0.3 is 4.90 Å². The average molecular weight is 356 g/mol. The molecule has 8 heteroatoms. The van der Waals surface area contributed by atoms with Crippen LogP contribution in [0.3, 0.4) is 0 Å². The number of carbonyl (C=O) groups is 1. The van der Waals surface area contributed by atoms with Crippen molar-refractivity contribution in [2.75, 3.05) is 26.2 Å². The lowest BCUT2D eigenvalue weighted by molar-refractivity contribution is 0.0692. The number of sulfonamides is 1. The Morgan fingerprint density at radius 2 is 1.72 bits per heavy atom. The fourth-order valence-electron chi connectivity index (χ4n) is 2.63. The summed E-state index contributed by atoms with van der Waals surface area (Å²) >= 11 is 0. The molecule has 1 aliphatic heterocycles. The Morgan fingerprint density at radius 1 is 1.04 bits per heavy atom. The summed E-state index contributed by atoms with van der Waals surface area (Å²) in [5.74, 6) is -0.198. The third-order valence-corrected chi connectivity index (χ3v) is 5.94. The molecule has 0 spiro atoms. The molecule has 0 aliphatic carbocycles. The van der Waals surface area contributed by atoms with Crippen LogP contribution < -0.4 is 0 Å². The van der Waals surface area contributed by atoms with Crippen LogP contribution in [-0.2, 0) is 10.0 Å². The normalized spacial score (nSPS) is 15.6. The van der Waals surface area contributed by atoms with Crippen molar-refractivity contribution < 1.29 is 13.2 Å². The van der Waals surface area contributed by atoms with Gasteiger partial charge in [0.15, 0.2) is 0 Å². The van der Waals surface area contributed by atoms with E-state index in [-0.39, 0.29) is 23.9 Å². The van der Waals surface area contributed by atoms with Crippen molar-refractivity contribution in [3.8, 4) is 6.07 Å². The number of hydrogen-bond acceptors (Lipinski definition) is 5. The van der Waals surface area contributed by atoms with Crippen LogP contribution in [0.1, 0.15) is 16.1 Å². The van der Waals surface area contributed by atoms with Crippen LogP contribution in [0.2, 0.25) is 0 Å². The first kappa shape index (κ1) is 17.1. The maximum atomic E-state index is 12.7. The minimum atomic E-state index is -3.63. The molecule has 0 N–H and O–H groups in total. The van der Waals surface area contributed by atoms with Gasteiger partial charge in [-0.3, -0.25) is 9.78 Å². The zero-order valence-corrected chi connectivity index (χ0v) is 14.2. The monoisotopic (exact) mass is 356 g/mol. The number of rotatable bonds is 3. The maximum Gasteiger partial charge on any atom is 0.272 e. The summed E-state index contributed by atoms with van der Waals surface area (Å²) in [5, 5.41) is 8.80. The Bertz CT molecular complexity index is 897. The van der Waals surface area contributed by atoms with Crippen molar-refractivity contribution in [1.82, 2.24) is 14.2 Å². The predicted molar refractivity (Wildman–Crippen MR) is 90.1 cm³/mol. The Kier molecular flexibility index (Phi) is 4.79. The minimum Gasteiger partial charge on any atom is -0.335 e. The number of amides is 1. The van der Waals surface area contributed by atoms with Gasteiger partial charge >= 0.3 is 0 Å². The zero-order valence-electron chi connectivity index (χ0n) is 13.4. The highest BCUT2D eigenvalue weighted by atomic mass is 32.2. The second kappa shape index (κ2) is 7.01. The molecule has 128 valence electrons. The summed E-state index contributed by atoms with van der Waals surface area (Å²) in [4.78, 5) is 18.2. The second-order valence-electron chi connectivity index (χ2n) is 5.55. The molecule has 0 radical (unpaired) electrons. The molecule has 1 aliphatic rings. The number of hydrogen-bond donors (Lipinski definition) is 0. The van der Waals surface area contributed by atoms with E-state index >= 15 is 0 Å². The zero-order chi connectivity index (χ0) is 17.9. The molecule has 3 rings (SSSR count). The van der Waals surface area contributed by atoms with Gasteiger partial charge in [-0.05, 0) is 36.4 Å². The molecular weight excluding hydrogens is 340 g/mol. The van der Waals surface area contributed by atoms with Gasteiger partial charge in [-0.25, -0.2) is 8.42 Å². The minimum absolute atomic E-state index is 0.149. The number of benzene rings is 1. The molecule has 1 saturated heterocycles. The third kappa shape index (κ3) is 3.52. The summed E-state index contributed by atoms with van der Waals surface area (Å²) in [6.45, 7) is 1.07. The van der Waals surface area contributed by atoms with E-state index in [1.165, 1.54) is 28.6 Å². The summed E-state index contributed by atoms with van der Waals surface area (Å²) in [7, 11) is -3.63. The van der Waals surface area contributed by atoms with E-state index in [0.717, 1.165) is 0 Å². The van der Waals surface area contributed by atoms with E-state index in [4.69, 9.17) is 5.26 Å². The van der Waals surface area contributed by atoms with Gasteiger partial charge in [0.2, 0.25) is 10.0 Å². The van der Waals surface area contributed by atoms with Crippen LogP contribution in [0.4, 0.5) is 0 Å². The van der Waals surface area contributed by atoms with Crippen molar-refractivity contribution >= 4 is 15.9 Å². The van der Waals surface area contributed by atoms with Gasteiger partial charge in [0.25, 0.3) is 5.91 Å². The quantitative estimate of drug-likeness (QED) is 0.821. The Morgan fingerprint density at radius 3 is 2.28 bits per heavy atom. The third-order valence-electron chi connectivity index (χ3n) is 4.03. The molecule has 7 nitrogen and oxygen atoms in total. The maximum absolute atomic E-state index is 12.7. The molecular formula is C17H16N4O3S. The van der Waals surface area contributed by atoms with E-state index in [1.54, 1.807) is 29.3 Å². The summed E-state index contributed by atoms with van der Waals surface area (Å²) in [5.41, 5.74) is 0.760. The largest absolute Gasteiger partial charge is 0.335 e. The Hall–Kier alpha value is -2.76. The SMILES string of the molecule is N#Cc1ccc(S(=O)(=O)N2CCN(C(=O)c3ccccn3)CC2)cc1. The van der Waals surface area contributed by atoms with Crippen LogP contribution in [0.5, 0.6) is 0 Å². The van der Waals surface area contributed by atoms with Gasteiger partial charge in [-0.1, -0.05) is 6.07 Å². The van der Waals surface area contributed by atoms with Crippen molar-refractivity contribution in [2.24, 2.45) is 0 Å². The molecule has 0 saturated carbocycles. The molecule has 1 fully saturated rings. The van der Waals surface area contributed by atoms with Gasteiger partial charge in [0.1, 0.15) is 5.69 Å². The van der Waals surface area contributed by atoms with E-state index in [2.05, 4.69) is 4.98 Å². The predicted octanol–water partition coefficient (Wildman–Crippen LogP) is 1.10. The van der Waals surface area contributed by atoms with E-state index in [1.807, 2.05) is 6.07 Å². The van der Waals surface area contributed by atoms with Crippen LogP contribution in [-0.4, -0.2) is 54.7 Å². The summed E-state index contributed by atoms with van der Waals surface area (Å²) in [6.07, 6.45) is 1.55. The highest BCUT2D eigenvalue weighted by Gasteiger charge is 2.30. The number of nitrogens with zero attached hydrogens (tertiary/aromatic N) is 4. The lowest BCUT2D eigenvalue weighted by Gasteiger charge is -2.33. The Labute approximate surface area is 146 Å². The van der Waals surface area contributed by atoms with Gasteiger partial charge in [0.05, 0.1) is 16.5 Å². The van der Waals surface area contributed by atoms with E-state index in [0.29, 0.717) is 24.3 Å². The average Bonchev–Trinajstić information content (AvgIpc) is 2.68. The molecule has 1 aromatic carbocycles. The summed E-state index contributed by atoms with van der Waals surface area (Å²) in [6, 6.07) is 12.9. The lowest BCUT2D eigenvalue weighted by Crippen LogP contribution is -2.50. The molecule has 0 atom stereocenters. The number of piperazine rings is 1. The molecule has 1 amide bonds. The topological polar surface area (TPSA) is 94.4 Å². The fourth-order valence-corrected chi connectivity index (χ4v) is 4.06. The summed E-state index contributed by atoms with van der Waals surface area (Å²) < 4.78 is 26.7. The van der Waals surface area contributed by atoms with Gasteiger partial charge in [-0.2, -0.15) is 9.57 Å². The molecule has 1 aromatic heterocycles. The van der Waals surface area contributed by atoms with Crippen LogP contribution in [0.15, 0.2) is 53.6 Å². The van der Waals surface area contributed by atoms with Crippen molar-refractivity contribution in [2.45, 2.75) is 4.90 Å². The van der Waals surface area contributed by atoms with Crippen molar-refractivity contribution in [3.05, 3.63) is 59.9 Å². The number of nitriles is 1. The molecule has 25 heavy (non-hydrogen) atoms. The second-order valence-corrected chi connectivity index (χ2v) is 7.49. The van der Waals surface area contributed by atoms with Crippen LogP contribution in [0, 0.1) is 11.3 Å². The number of aromatic nitrogens is 1. The van der Waals surface area contributed by atoms with Gasteiger partial charge in [0, 0.05) is 32.4 Å². The van der Waals surface area contributed by atoms with E-state index in [9.17, 15) is 13.2 Å². The first-order valence-electron chi connectivity index (χ1n) is 7.73. The van der Waals surface area contributed by atoms with Crippen molar-refractivity contribution in [3.63, 3.8) is 0 Å². The standard InChI is InChI=1S/C17H16N4O3S/c18-13-14-4-6-15(7-5-14)25(23,24)21-11-9-20(10-12-21)17(22)16-3-1-2-8-19-16/h1-8H,9-12H2. The smallest absolute Gasteiger partial charge is 0.272 e. The lowest BCUT2D eigenvalue weighted by atomic mass is 10.2. The van der Waals surface area contributed by atoms with Crippen LogP contribution in [0.25, 0.3) is 0 Å². The molecule has 2 aromatic rings. The number of pyridine rings is 1.